The summed E-state index contributed by atoms with van der Waals surface area (Å²) in [7, 11) is 4.16. The Balaban J connectivity index is 1.62. The van der Waals surface area contributed by atoms with Crippen LogP contribution in [0.4, 0.5) is 9.18 Å². The number of benzene rings is 2. The van der Waals surface area contributed by atoms with Gasteiger partial charge in [-0.15, -0.1) is 0 Å². The van der Waals surface area contributed by atoms with E-state index < -0.39 is 0 Å². The number of amides is 2. The van der Waals surface area contributed by atoms with E-state index in [1.54, 1.807) is 12.1 Å². The quantitative estimate of drug-likeness (QED) is 0.809. The summed E-state index contributed by atoms with van der Waals surface area (Å²) in [4.78, 5) is 19.6. The topological polar surface area (TPSA) is 26.8 Å². The largest absolute Gasteiger partial charge is 0.324 e. The highest BCUT2D eigenvalue weighted by Gasteiger charge is 2.36. The molecule has 2 aromatic rings. The predicted octanol–water partition coefficient (Wildman–Crippen LogP) is 3.78. The molecule has 4 nitrogen and oxygen atoms in total. The molecule has 0 unspecified atom stereocenters. The van der Waals surface area contributed by atoms with Crippen LogP contribution in [-0.4, -0.2) is 61.0 Å². The zero-order valence-electron chi connectivity index (χ0n) is 16.6. The lowest BCUT2D eigenvalue weighted by atomic mass is 9.88. The smallest absolute Gasteiger partial charge is 0.320 e. The van der Waals surface area contributed by atoms with E-state index in [9.17, 15) is 9.18 Å². The molecule has 5 heteroatoms. The van der Waals surface area contributed by atoms with E-state index in [1.165, 1.54) is 17.7 Å². The van der Waals surface area contributed by atoms with Gasteiger partial charge in [-0.2, -0.15) is 0 Å². The average molecular weight is 381 g/mol. The maximum Gasteiger partial charge on any atom is 0.320 e. The number of halogens is 1. The Morgan fingerprint density at radius 1 is 1.11 bits per heavy atom. The van der Waals surface area contributed by atoms with E-state index in [-0.39, 0.29) is 17.9 Å². The van der Waals surface area contributed by atoms with Crippen molar-refractivity contribution in [2.75, 3.05) is 40.3 Å². The third kappa shape index (κ3) is 3.76. The molecule has 2 amide bonds. The highest BCUT2D eigenvalue weighted by Crippen LogP contribution is 2.36. The first-order valence-electron chi connectivity index (χ1n) is 10.1. The molecule has 1 fully saturated rings. The molecule has 0 bridgehead atoms. The number of likely N-dealkylation sites (tertiary alicyclic amines) is 1. The van der Waals surface area contributed by atoms with Crippen LogP contribution in [0.25, 0.3) is 0 Å². The van der Waals surface area contributed by atoms with Gasteiger partial charge in [0.1, 0.15) is 5.82 Å². The summed E-state index contributed by atoms with van der Waals surface area (Å²) in [6.07, 6.45) is 1.91. The number of hydrogen-bond donors (Lipinski definition) is 0. The Kier molecular flexibility index (Phi) is 5.36. The number of fused-ring (bicyclic) bond motifs is 1. The van der Waals surface area contributed by atoms with Gasteiger partial charge in [-0.25, -0.2) is 9.18 Å². The van der Waals surface area contributed by atoms with E-state index in [1.807, 2.05) is 21.9 Å². The van der Waals surface area contributed by atoms with Crippen molar-refractivity contribution < 1.29 is 9.18 Å². The molecular weight excluding hydrogens is 353 g/mol. The van der Waals surface area contributed by atoms with Gasteiger partial charge in [0.15, 0.2) is 0 Å². The van der Waals surface area contributed by atoms with Crippen LogP contribution in [0.5, 0.6) is 0 Å². The zero-order chi connectivity index (χ0) is 19.7. The Hall–Kier alpha value is -2.40. The van der Waals surface area contributed by atoms with Crippen molar-refractivity contribution in [3.05, 3.63) is 71.0 Å². The molecule has 28 heavy (non-hydrogen) atoms. The van der Waals surface area contributed by atoms with Crippen molar-refractivity contribution in [3.8, 4) is 0 Å². The molecule has 4 rings (SSSR count). The Morgan fingerprint density at radius 2 is 1.86 bits per heavy atom. The Morgan fingerprint density at radius 3 is 2.61 bits per heavy atom. The molecule has 2 heterocycles. The number of hydrogen-bond acceptors (Lipinski definition) is 2. The van der Waals surface area contributed by atoms with Gasteiger partial charge in [-0.05, 0) is 61.7 Å². The van der Waals surface area contributed by atoms with E-state index in [0.717, 1.165) is 43.6 Å². The van der Waals surface area contributed by atoms with Crippen molar-refractivity contribution in [2.24, 2.45) is 5.92 Å². The number of carbonyl (C=O) groups excluding carboxylic acids is 1. The fraction of sp³-hybridized carbons (Fsp3) is 0.435. The van der Waals surface area contributed by atoms with Gasteiger partial charge in [-0.3, -0.25) is 0 Å². The van der Waals surface area contributed by atoms with Crippen LogP contribution in [0, 0.1) is 11.7 Å². The summed E-state index contributed by atoms with van der Waals surface area (Å²) >= 11 is 0. The number of carbonyl (C=O) groups is 1. The summed E-state index contributed by atoms with van der Waals surface area (Å²) in [6, 6.07) is 14.8. The Labute approximate surface area is 166 Å². The van der Waals surface area contributed by atoms with Crippen molar-refractivity contribution >= 4 is 6.03 Å². The van der Waals surface area contributed by atoms with Gasteiger partial charge in [0.05, 0.1) is 6.04 Å². The van der Waals surface area contributed by atoms with Crippen molar-refractivity contribution in [1.29, 1.82) is 0 Å². The molecule has 0 radical (unpaired) electrons. The SMILES string of the molecule is CN(C)C[C@H]1CCN(C(=O)N2CCc3ccccc3[C@@H]2c2ccc(F)cc2)C1. The lowest BCUT2D eigenvalue weighted by Gasteiger charge is -2.39. The molecule has 2 aliphatic heterocycles. The molecule has 0 saturated carbocycles. The van der Waals surface area contributed by atoms with Gasteiger partial charge in [-0.1, -0.05) is 36.4 Å². The van der Waals surface area contributed by atoms with E-state index in [2.05, 4.69) is 31.1 Å². The first-order valence-corrected chi connectivity index (χ1v) is 10.1. The first-order chi connectivity index (χ1) is 13.5. The van der Waals surface area contributed by atoms with Gasteiger partial charge >= 0.3 is 6.03 Å². The molecule has 0 spiro atoms. The van der Waals surface area contributed by atoms with Gasteiger partial charge < -0.3 is 14.7 Å². The summed E-state index contributed by atoms with van der Waals surface area (Å²) < 4.78 is 13.5. The van der Waals surface area contributed by atoms with Crippen LogP contribution < -0.4 is 0 Å². The fourth-order valence-electron chi connectivity index (χ4n) is 4.63. The van der Waals surface area contributed by atoms with Gasteiger partial charge in [0, 0.05) is 26.2 Å². The Bertz CT molecular complexity index is 836. The van der Waals surface area contributed by atoms with Gasteiger partial charge in [0.2, 0.25) is 0 Å². The molecule has 2 aromatic carbocycles. The van der Waals surface area contributed by atoms with E-state index in [0.29, 0.717) is 12.5 Å². The van der Waals surface area contributed by atoms with Crippen molar-refractivity contribution in [2.45, 2.75) is 18.9 Å². The van der Waals surface area contributed by atoms with Crippen LogP contribution in [-0.2, 0) is 6.42 Å². The van der Waals surface area contributed by atoms with Crippen molar-refractivity contribution in [3.63, 3.8) is 0 Å². The molecule has 0 aromatic heterocycles. The second kappa shape index (κ2) is 7.92. The molecule has 2 atom stereocenters. The maximum atomic E-state index is 13.5. The molecule has 0 N–H and O–H groups in total. The summed E-state index contributed by atoms with van der Waals surface area (Å²) in [6.45, 7) is 3.32. The third-order valence-corrected chi connectivity index (χ3v) is 5.89. The standard InChI is InChI=1S/C23H28FN3O/c1-25(2)15-17-11-13-26(16-17)23(28)27-14-12-18-5-3-4-6-21(18)22(27)19-7-9-20(24)10-8-19/h3-10,17,22H,11-16H2,1-2H3/t17-,22+/m1/s1. The molecule has 1 saturated heterocycles. The third-order valence-electron chi connectivity index (χ3n) is 5.89. The lowest BCUT2D eigenvalue weighted by Crippen LogP contribution is -2.47. The molecule has 148 valence electrons. The molecular formula is C23H28FN3O. The van der Waals surface area contributed by atoms with Crippen LogP contribution in [0.15, 0.2) is 48.5 Å². The highest BCUT2D eigenvalue weighted by atomic mass is 19.1. The second-order valence-corrected chi connectivity index (χ2v) is 8.24. The monoisotopic (exact) mass is 381 g/mol. The average Bonchev–Trinajstić information content (AvgIpc) is 3.15. The van der Waals surface area contributed by atoms with Gasteiger partial charge in [0.25, 0.3) is 0 Å². The van der Waals surface area contributed by atoms with Crippen LogP contribution >= 0.6 is 0 Å². The normalized spacial score (nSPS) is 21.9. The van der Waals surface area contributed by atoms with Crippen LogP contribution in [0.3, 0.4) is 0 Å². The second-order valence-electron chi connectivity index (χ2n) is 8.24. The minimum absolute atomic E-state index is 0.102. The van der Waals surface area contributed by atoms with Crippen molar-refractivity contribution in [1.82, 2.24) is 14.7 Å². The predicted molar refractivity (Wildman–Crippen MR) is 109 cm³/mol. The highest BCUT2D eigenvalue weighted by molar-refractivity contribution is 5.76. The number of nitrogens with zero attached hydrogens (tertiary/aromatic N) is 3. The maximum absolute atomic E-state index is 13.5. The summed E-state index contributed by atoms with van der Waals surface area (Å²) in [5, 5.41) is 0. The van der Waals surface area contributed by atoms with Crippen LogP contribution in [0.1, 0.15) is 29.2 Å². The summed E-state index contributed by atoms with van der Waals surface area (Å²) in [5.74, 6) is 0.275. The van der Waals surface area contributed by atoms with E-state index >= 15 is 0 Å². The first kappa shape index (κ1) is 18.9. The zero-order valence-corrected chi connectivity index (χ0v) is 16.6. The minimum Gasteiger partial charge on any atom is -0.324 e. The molecule has 0 aliphatic carbocycles. The lowest BCUT2D eigenvalue weighted by molar-refractivity contribution is 0.144. The molecule has 2 aliphatic rings. The van der Waals surface area contributed by atoms with Crippen LogP contribution in [0.2, 0.25) is 0 Å². The number of rotatable bonds is 3. The summed E-state index contributed by atoms with van der Waals surface area (Å²) in [5.41, 5.74) is 3.39. The number of urea groups is 1. The fourth-order valence-corrected chi connectivity index (χ4v) is 4.63. The van der Waals surface area contributed by atoms with E-state index in [4.69, 9.17) is 0 Å². The minimum atomic E-state index is -0.253.